The first-order chi connectivity index (χ1) is 9.55. The molecule has 110 valence electrons. The Kier molecular flexibility index (Phi) is 4.49. The molecule has 0 saturated carbocycles. The third kappa shape index (κ3) is 3.04. The Bertz CT molecular complexity index is 483. The van der Waals surface area contributed by atoms with Crippen LogP contribution in [0.2, 0.25) is 0 Å². The fourth-order valence-corrected chi connectivity index (χ4v) is 2.66. The molecular formula is C15H21NO4. The number of hydrogen-bond donors (Lipinski definition) is 1. The Labute approximate surface area is 119 Å². The van der Waals surface area contributed by atoms with Gasteiger partial charge >= 0.3 is 5.97 Å². The van der Waals surface area contributed by atoms with Crippen LogP contribution < -0.4 is 9.47 Å². The third-order valence-corrected chi connectivity index (χ3v) is 3.88. The lowest BCUT2D eigenvalue weighted by atomic mass is 9.92. The SMILES string of the molecule is COc1ccc(OC)c(C(C)N2CC(CC(=O)O)C2)c1. The Balaban J connectivity index is 2.06. The fraction of sp³-hybridized carbons (Fsp3) is 0.533. The van der Waals surface area contributed by atoms with Crippen molar-refractivity contribution in [3.63, 3.8) is 0 Å². The number of likely N-dealkylation sites (tertiary alicyclic amines) is 1. The predicted molar refractivity (Wildman–Crippen MR) is 75.3 cm³/mol. The number of hydrogen-bond acceptors (Lipinski definition) is 4. The minimum absolute atomic E-state index is 0.185. The van der Waals surface area contributed by atoms with E-state index in [9.17, 15) is 4.79 Å². The number of carbonyl (C=O) groups is 1. The topological polar surface area (TPSA) is 59.0 Å². The summed E-state index contributed by atoms with van der Waals surface area (Å²) in [4.78, 5) is 12.9. The van der Waals surface area contributed by atoms with Crippen LogP contribution in [-0.2, 0) is 4.79 Å². The van der Waals surface area contributed by atoms with Gasteiger partial charge in [-0.05, 0) is 31.0 Å². The summed E-state index contributed by atoms with van der Waals surface area (Å²) < 4.78 is 10.7. The molecule has 1 N–H and O–H groups in total. The average Bonchev–Trinajstić information content (AvgIpc) is 2.40. The summed E-state index contributed by atoms with van der Waals surface area (Å²) in [6.07, 6.45) is 0.248. The van der Waals surface area contributed by atoms with Gasteiger partial charge in [0.25, 0.3) is 0 Å². The van der Waals surface area contributed by atoms with E-state index in [1.807, 2.05) is 18.2 Å². The molecule has 0 radical (unpaired) electrons. The molecule has 0 amide bonds. The molecule has 1 aliphatic rings. The maximum Gasteiger partial charge on any atom is 0.303 e. The molecule has 1 saturated heterocycles. The smallest absolute Gasteiger partial charge is 0.303 e. The van der Waals surface area contributed by atoms with Crippen molar-refractivity contribution < 1.29 is 19.4 Å². The number of aliphatic carboxylic acids is 1. The molecule has 1 aromatic rings. The molecule has 0 spiro atoms. The third-order valence-electron chi connectivity index (χ3n) is 3.88. The van der Waals surface area contributed by atoms with Gasteiger partial charge in [0.05, 0.1) is 20.6 Å². The van der Waals surface area contributed by atoms with E-state index in [1.54, 1.807) is 14.2 Å². The molecule has 1 aromatic carbocycles. The highest BCUT2D eigenvalue weighted by atomic mass is 16.5. The highest BCUT2D eigenvalue weighted by Gasteiger charge is 2.33. The molecule has 5 nitrogen and oxygen atoms in total. The van der Waals surface area contributed by atoms with Crippen molar-refractivity contribution in [2.45, 2.75) is 19.4 Å². The summed E-state index contributed by atoms with van der Waals surface area (Å²) in [5.41, 5.74) is 1.07. The van der Waals surface area contributed by atoms with Crippen LogP contribution in [0.1, 0.15) is 24.9 Å². The lowest BCUT2D eigenvalue weighted by Crippen LogP contribution is -2.48. The number of carboxylic acids is 1. The zero-order chi connectivity index (χ0) is 14.7. The van der Waals surface area contributed by atoms with Crippen LogP contribution in [0, 0.1) is 5.92 Å². The van der Waals surface area contributed by atoms with E-state index in [-0.39, 0.29) is 18.4 Å². The Hall–Kier alpha value is -1.75. The van der Waals surface area contributed by atoms with Gasteiger partial charge in [-0.25, -0.2) is 0 Å². The minimum atomic E-state index is -0.721. The van der Waals surface area contributed by atoms with Crippen LogP contribution in [0.3, 0.4) is 0 Å². The number of methoxy groups -OCH3 is 2. The highest BCUT2D eigenvalue weighted by Crippen LogP contribution is 2.36. The summed E-state index contributed by atoms with van der Waals surface area (Å²) in [5.74, 6) is 1.17. The van der Waals surface area contributed by atoms with E-state index in [0.29, 0.717) is 0 Å². The van der Waals surface area contributed by atoms with Gasteiger partial charge in [-0.15, -0.1) is 0 Å². The summed E-state index contributed by atoms with van der Waals surface area (Å²) >= 11 is 0. The summed E-state index contributed by atoms with van der Waals surface area (Å²) in [6.45, 7) is 3.73. The molecule has 1 aliphatic heterocycles. The second kappa shape index (κ2) is 6.13. The number of benzene rings is 1. The monoisotopic (exact) mass is 279 g/mol. The van der Waals surface area contributed by atoms with Crippen LogP contribution in [0.4, 0.5) is 0 Å². The normalized spacial score (nSPS) is 17.4. The Morgan fingerprint density at radius 1 is 1.40 bits per heavy atom. The molecule has 5 heteroatoms. The van der Waals surface area contributed by atoms with Gasteiger partial charge in [0.1, 0.15) is 11.5 Å². The molecule has 20 heavy (non-hydrogen) atoms. The average molecular weight is 279 g/mol. The van der Waals surface area contributed by atoms with Crippen LogP contribution in [0.15, 0.2) is 18.2 Å². The van der Waals surface area contributed by atoms with Crippen molar-refractivity contribution in [1.29, 1.82) is 0 Å². The number of carboxylic acid groups (broad SMARTS) is 1. The van der Waals surface area contributed by atoms with Crippen LogP contribution >= 0.6 is 0 Å². The molecule has 1 atom stereocenters. The van der Waals surface area contributed by atoms with Gasteiger partial charge in [0.2, 0.25) is 0 Å². The van der Waals surface area contributed by atoms with E-state index in [4.69, 9.17) is 14.6 Å². The summed E-state index contributed by atoms with van der Waals surface area (Å²) in [5, 5.41) is 8.79. The van der Waals surface area contributed by atoms with Gasteiger partial charge in [-0.3, -0.25) is 9.69 Å². The Morgan fingerprint density at radius 3 is 2.65 bits per heavy atom. The van der Waals surface area contributed by atoms with Gasteiger partial charge in [0, 0.05) is 24.7 Å². The summed E-state index contributed by atoms with van der Waals surface area (Å²) in [7, 11) is 3.30. The first kappa shape index (κ1) is 14.7. The molecule has 0 bridgehead atoms. The molecule has 1 fully saturated rings. The molecule has 0 aromatic heterocycles. The quantitative estimate of drug-likeness (QED) is 0.865. The molecule has 1 unspecified atom stereocenters. The highest BCUT2D eigenvalue weighted by molar-refractivity contribution is 5.67. The number of nitrogens with zero attached hydrogens (tertiary/aromatic N) is 1. The zero-order valence-corrected chi connectivity index (χ0v) is 12.1. The number of rotatable bonds is 6. The zero-order valence-electron chi connectivity index (χ0n) is 12.1. The lowest BCUT2D eigenvalue weighted by molar-refractivity contribution is -0.139. The van der Waals surface area contributed by atoms with Crippen molar-refractivity contribution in [2.75, 3.05) is 27.3 Å². The first-order valence-electron chi connectivity index (χ1n) is 6.73. The van der Waals surface area contributed by atoms with E-state index in [1.165, 1.54) is 0 Å². The van der Waals surface area contributed by atoms with Crippen molar-refractivity contribution in [2.24, 2.45) is 5.92 Å². The second-order valence-corrected chi connectivity index (χ2v) is 5.20. The predicted octanol–water partition coefficient (Wildman–Crippen LogP) is 2.17. The van der Waals surface area contributed by atoms with Crippen LogP contribution in [0.5, 0.6) is 11.5 Å². The first-order valence-corrected chi connectivity index (χ1v) is 6.73. The van der Waals surface area contributed by atoms with Crippen molar-refractivity contribution >= 4 is 5.97 Å². The van der Waals surface area contributed by atoms with Crippen LogP contribution in [0.25, 0.3) is 0 Å². The van der Waals surface area contributed by atoms with Crippen molar-refractivity contribution in [1.82, 2.24) is 4.90 Å². The lowest BCUT2D eigenvalue weighted by Gasteiger charge is -2.43. The maximum absolute atomic E-state index is 10.7. The standard InChI is InChI=1S/C15H21NO4/c1-10(16-8-11(9-16)6-15(17)18)13-7-12(19-2)4-5-14(13)20-3/h4-5,7,10-11H,6,8-9H2,1-3H3,(H,17,18). The number of ether oxygens (including phenoxy) is 2. The van der Waals surface area contributed by atoms with E-state index in [0.717, 1.165) is 30.2 Å². The van der Waals surface area contributed by atoms with E-state index in [2.05, 4.69) is 11.8 Å². The van der Waals surface area contributed by atoms with E-state index < -0.39 is 5.97 Å². The second-order valence-electron chi connectivity index (χ2n) is 5.20. The van der Waals surface area contributed by atoms with Gasteiger partial charge in [-0.2, -0.15) is 0 Å². The largest absolute Gasteiger partial charge is 0.497 e. The minimum Gasteiger partial charge on any atom is -0.497 e. The van der Waals surface area contributed by atoms with Gasteiger partial charge in [-0.1, -0.05) is 0 Å². The summed E-state index contributed by atoms with van der Waals surface area (Å²) in [6, 6.07) is 5.94. The van der Waals surface area contributed by atoms with E-state index >= 15 is 0 Å². The van der Waals surface area contributed by atoms with Gasteiger partial charge < -0.3 is 14.6 Å². The van der Waals surface area contributed by atoms with Crippen LogP contribution in [-0.4, -0.2) is 43.3 Å². The fourth-order valence-electron chi connectivity index (χ4n) is 2.66. The molecule has 1 heterocycles. The Morgan fingerprint density at radius 2 is 2.10 bits per heavy atom. The van der Waals surface area contributed by atoms with Gasteiger partial charge in [0.15, 0.2) is 0 Å². The van der Waals surface area contributed by atoms with Crippen molar-refractivity contribution in [3.8, 4) is 11.5 Å². The maximum atomic E-state index is 10.7. The molecule has 0 aliphatic carbocycles. The molecule has 2 rings (SSSR count). The van der Waals surface area contributed by atoms with Crippen molar-refractivity contribution in [3.05, 3.63) is 23.8 Å². The molecular weight excluding hydrogens is 258 g/mol.